The lowest BCUT2D eigenvalue weighted by Gasteiger charge is -2.04. The van der Waals surface area contributed by atoms with Crippen LogP contribution in [0.15, 0.2) is 29.6 Å². The van der Waals surface area contributed by atoms with Gasteiger partial charge in [-0.15, -0.1) is 11.3 Å². The third-order valence-corrected chi connectivity index (χ3v) is 3.26. The lowest BCUT2D eigenvalue weighted by atomic mass is 10.1. The summed E-state index contributed by atoms with van der Waals surface area (Å²) in [6.45, 7) is 2.30. The van der Waals surface area contributed by atoms with Crippen LogP contribution in [0.25, 0.3) is 0 Å². The van der Waals surface area contributed by atoms with E-state index in [0.29, 0.717) is 12.1 Å². The van der Waals surface area contributed by atoms with E-state index in [1.807, 2.05) is 12.3 Å². The Morgan fingerprint density at radius 3 is 2.89 bits per heavy atom. The fourth-order valence-corrected chi connectivity index (χ4v) is 2.17. The molecule has 3 nitrogen and oxygen atoms in total. The van der Waals surface area contributed by atoms with Crippen molar-refractivity contribution in [3.8, 4) is 0 Å². The van der Waals surface area contributed by atoms with E-state index < -0.39 is 0 Å². The first-order chi connectivity index (χ1) is 8.65. The first-order valence-corrected chi connectivity index (χ1v) is 6.44. The average molecular weight is 264 g/mol. The minimum atomic E-state index is -0.350. The molecule has 0 aliphatic carbocycles. The van der Waals surface area contributed by atoms with Crippen LogP contribution in [0.3, 0.4) is 0 Å². The number of rotatable bonds is 4. The van der Waals surface area contributed by atoms with E-state index in [2.05, 4.69) is 10.3 Å². The SMILES string of the molecule is Cc1nc(CNC(=O)Cc2ccccc2F)cs1. The quantitative estimate of drug-likeness (QED) is 0.921. The summed E-state index contributed by atoms with van der Waals surface area (Å²) < 4.78 is 13.3. The van der Waals surface area contributed by atoms with Gasteiger partial charge >= 0.3 is 0 Å². The molecule has 1 amide bonds. The summed E-state index contributed by atoms with van der Waals surface area (Å²) in [5.74, 6) is -0.553. The van der Waals surface area contributed by atoms with Gasteiger partial charge in [-0.1, -0.05) is 18.2 Å². The number of benzene rings is 1. The molecule has 0 saturated heterocycles. The van der Waals surface area contributed by atoms with E-state index in [-0.39, 0.29) is 18.1 Å². The average Bonchev–Trinajstić information content (AvgIpc) is 2.76. The largest absolute Gasteiger partial charge is 0.350 e. The van der Waals surface area contributed by atoms with Gasteiger partial charge in [0.05, 0.1) is 23.7 Å². The van der Waals surface area contributed by atoms with E-state index in [4.69, 9.17) is 0 Å². The molecule has 18 heavy (non-hydrogen) atoms. The van der Waals surface area contributed by atoms with Crippen LogP contribution >= 0.6 is 11.3 Å². The topological polar surface area (TPSA) is 42.0 Å². The molecule has 0 aliphatic rings. The number of hydrogen-bond donors (Lipinski definition) is 1. The Bertz CT molecular complexity index is 553. The molecular weight excluding hydrogens is 251 g/mol. The van der Waals surface area contributed by atoms with E-state index in [1.165, 1.54) is 6.07 Å². The number of thiazole rings is 1. The van der Waals surface area contributed by atoms with Gasteiger partial charge in [0.15, 0.2) is 0 Å². The summed E-state index contributed by atoms with van der Waals surface area (Å²) in [4.78, 5) is 15.9. The Hall–Kier alpha value is -1.75. The third-order valence-electron chi connectivity index (χ3n) is 2.44. The molecule has 0 saturated carbocycles. The first kappa shape index (κ1) is 12.7. The van der Waals surface area contributed by atoms with Gasteiger partial charge in [0.1, 0.15) is 5.82 Å². The van der Waals surface area contributed by atoms with Crippen LogP contribution in [-0.4, -0.2) is 10.9 Å². The van der Waals surface area contributed by atoms with Crippen molar-refractivity contribution < 1.29 is 9.18 Å². The minimum absolute atomic E-state index is 0.0514. The van der Waals surface area contributed by atoms with Crippen molar-refractivity contribution in [1.29, 1.82) is 0 Å². The third kappa shape index (κ3) is 3.37. The summed E-state index contributed by atoms with van der Waals surface area (Å²) in [6, 6.07) is 6.29. The highest BCUT2D eigenvalue weighted by molar-refractivity contribution is 7.09. The molecule has 0 spiro atoms. The number of halogens is 1. The van der Waals surface area contributed by atoms with Crippen LogP contribution in [0, 0.1) is 12.7 Å². The molecule has 0 bridgehead atoms. The maximum atomic E-state index is 13.3. The lowest BCUT2D eigenvalue weighted by Crippen LogP contribution is -2.25. The maximum absolute atomic E-state index is 13.3. The van der Waals surface area contributed by atoms with E-state index in [1.54, 1.807) is 29.5 Å². The normalized spacial score (nSPS) is 10.3. The van der Waals surface area contributed by atoms with E-state index in [9.17, 15) is 9.18 Å². The highest BCUT2D eigenvalue weighted by Gasteiger charge is 2.07. The number of nitrogens with one attached hydrogen (secondary N) is 1. The second-order valence-electron chi connectivity index (χ2n) is 3.90. The van der Waals surface area contributed by atoms with Gasteiger partial charge in [-0.3, -0.25) is 4.79 Å². The fourth-order valence-electron chi connectivity index (χ4n) is 1.56. The van der Waals surface area contributed by atoms with Crippen molar-refractivity contribution in [2.45, 2.75) is 19.9 Å². The summed E-state index contributed by atoms with van der Waals surface area (Å²) in [6.07, 6.45) is 0.0514. The van der Waals surface area contributed by atoms with Crippen LogP contribution in [0.5, 0.6) is 0 Å². The number of carbonyl (C=O) groups excluding carboxylic acids is 1. The van der Waals surface area contributed by atoms with E-state index in [0.717, 1.165) is 10.7 Å². The molecule has 1 aromatic heterocycles. The monoisotopic (exact) mass is 264 g/mol. The van der Waals surface area contributed by atoms with Gasteiger partial charge < -0.3 is 5.32 Å². The van der Waals surface area contributed by atoms with Crippen molar-refractivity contribution in [3.05, 3.63) is 51.7 Å². The van der Waals surface area contributed by atoms with Crippen LogP contribution in [0.4, 0.5) is 4.39 Å². The predicted octanol–water partition coefficient (Wildman–Crippen LogP) is 2.45. The molecule has 0 fully saturated rings. The standard InChI is InChI=1S/C13H13FN2OS/c1-9-16-11(8-18-9)7-15-13(17)6-10-4-2-3-5-12(10)14/h2-5,8H,6-7H2,1H3,(H,15,17). The molecule has 0 radical (unpaired) electrons. The molecule has 0 aliphatic heterocycles. The molecule has 1 aromatic carbocycles. The fraction of sp³-hybridized carbons (Fsp3) is 0.231. The number of amides is 1. The summed E-state index contributed by atoms with van der Waals surface area (Å²) in [5.41, 5.74) is 1.24. The Morgan fingerprint density at radius 2 is 2.22 bits per heavy atom. The number of hydrogen-bond acceptors (Lipinski definition) is 3. The Morgan fingerprint density at radius 1 is 1.44 bits per heavy atom. The van der Waals surface area contributed by atoms with Crippen molar-refractivity contribution in [3.63, 3.8) is 0 Å². The molecule has 5 heteroatoms. The number of nitrogens with zero attached hydrogens (tertiary/aromatic N) is 1. The summed E-state index contributed by atoms with van der Waals surface area (Å²) in [5, 5.41) is 5.59. The van der Waals surface area contributed by atoms with Crippen LogP contribution in [0.1, 0.15) is 16.3 Å². The number of aromatic nitrogens is 1. The van der Waals surface area contributed by atoms with Crippen LogP contribution in [0.2, 0.25) is 0 Å². The summed E-state index contributed by atoms with van der Waals surface area (Å²) >= 11 is 1.54. The lowest BCUT2D eigenvalue weighted by molar-refractivity contribution is -0.120. The highest BCUT2D eigenvalue weighted by Crippen LogP contribution is 2.09. The van der Waals surface area contributed by atoms with Crippen molar-refractivity contribution in [2.75, 3.05) is 0 Å². The molecule has 94 valence electrons. The van der Waals surface area contributed by atoms with Crippen LogP contribution < -0.4 is 5.32 Å². The molecule has 0 atom stereocenters. The Balaban J connectivity index is 1.88. The van der Waals surface area contributed by atoms with Crippen molar-refractivity contribution in [1.82, 2.24) is 10.3 Å². The predicted molar refractivity (Wildman–Crippen MR) is 68.8 cm³/mol. The van der Waals surface area contributed by atoms with Crippen molar-refractivity contribution in [2.24, 2.45) is 0 Å². The Kier molecular flexibility index (Phi) is 4.04. The van der Waals surface area contributed by atoms with Crippen LogP contribution in [-0.2, 0) is 17.8 Å². The maximum Gasteiger partial charge on any atom is 0.224 e. The summed E-state index contributed by atoms with van der Waals surface area (Å²) in [7, 11) is 0. The van der Waals surface area contributed by atoms with Gasteiger partial charge in [0, 0.05) is 5.38 Å². The smallest absolute Gasteiger partial charge is 0.224 e. The second-order valence-corrected chi connectivity index (χ2v) is 4.97. The Labute approximate surface area is 109 Å². The van der Waals surface area contributed by atoms with Gasteiger partial charge in [0.2, 0.25) is 5.91 Å². The van der Waals surface area contributed by atoms with Gasteiger partial charge in [-0.2, -0.15) is 0 Å². The van der Waals surface area contributed by atoms with E-state index >= 15 is 0 Å². The zero-order valence-corrected chi connectivity index (χ0v) is 10.8. The van der Waals surface area contributed by atoms with Crippen molar-refractivity contribution >= 4 is 17.2 Å². The highest BCUT2D eigenvalue weighted by atomic mass is 32.1. The second kappa shape index (κ2) is 5.73. The minimum Gasteiger partial charge on any atom is -0.350 e. The molecule has 2 rings (SSSR count). The molecule has 2 aromatic rings. The number of aryl methyl sites for hydroxylation is 1. The first-order valence-electron chi connectivity index (χ1n) is 5.56. The zero-order valence-electron chi connectivity index (χ0n) is 9.94. The van der Waals surface area contributed by atoms with Gasteiger partial charge in [-0.25, -0.2) is 9.37 Å². The molecular formula is C13H13FN2OS. The molecule has 1 heterocycles. The van der Waals surface area contributed by atoms with Gasteiger partial charge in [-0.05, 0) is 18.6 Å². The molecule has 0 unspecified atom stereocenters. The zero-order chi connectivity index (χ0) is 13.0. The number of carbonyl (C=O) groups is 1. The molecule has 1 N–H and O–H groups in total. The van der Waals surface area contributed by atoms with Gasteiger partial charge in [0.25, 0.3) is 0 Å².